The van der Waals surface area contributed by atoms with E-state index in [1.807, 2.05) is 45.0 Å². The Morgan fingerprint density at radius 2 is 2.00 bits per heavy atom. The van der Waals surface area contributed by atoms with E-state index in [4.69, 9.17) is 0 Å². The van der Waals surface area contributed by atoms with Crippen molar-refractivity contribution in [2.75, 3.05) is 11.9 Å². The lowest BCUT2D eigenvalue weighted by Crippen LogP contribution is -2.36. The van der Waals surface area contributed by atoms with E-state index in [1.54, 1.807) is 17.0 Å². The average Bonchev–Trinajstić information content (AvgIpc) is 2.92. The number of hydrogen-bond acceptors (Lipinski definition) is 4. The van der Waals surface area contributed by atoms with Gasteiger partial charge in [-0.05, 0) is 42.7 Å². The van der Waals surface area contributed by atoms with Crippen LogP contribution in [0.1, 0.15) is 25.8 Å². The van der Waals surface area contributed by atoms with Crippen LogP contribution in [-0.2, 0) is 9.59 Å². The number of hydrogen-bond donors (Lipinski definition) is 1. The van der Waals surface area contributed by atoms with E-state index in [1.165, 1.54) is 23.9 Å². The van der Waals surface area contributed by atoms with E-state index in [2.05, 4.69) is 10.3 Å². The highest BCUT2D eigenvalue weighted by Crippen LogP contribution is 2.32. The molecule has 2 aromatic carbocycles. The summed E-state index contributed by atoms with van der Waals surface area (Å²) in [6, 6.07) is 13.7. The van der Waals surface area contributed by atoms with Crippen molar-refractivity contribution in [3.8, 4) is 0 Å². The zero-order valence-corrected chi connectivity index (χ0v) is 17.5. The van der Waals surface area contributed by atoms with E-state index < -0.39 is 17.0 Å². The maximum atomic E-state index is 13.8. The van der Waals surface area contributed by atoms with E-state index >= 15 is 0 Å². The summed E-state index contributed by atoms with van der Waals surface area (Å²) in [5, 5.41) is 2.56. The summed E-state index contributed by atoms with van der Waals surface area (Å²) in [6.07, 6.45) is -0.0424. The molecule has 1 N–H and O–H groups in total. The predicted octanol–water partition coefficient (Wildman–Crippen LogP) is 4.75. The number of anilines is 1. The maximum absolute atomic E-state index is 13.8. The van der Waals surface area contributed by atoms with Crippen molar-refractivity contribution < 1.29 is 14.0 Å². The fourth-order valence-corrected chi connectivity index (χ4v) is 4.17. The smallest absolute Gasteiger partial charge is 0.242 e. The van der Waals surface area contributed by atoms with Gasteiger partial charge in [0.25, 0.3) is 0 Å². The zero-order valence-electron chi connectivity index (χ0n) is 16.7. The largest absolute Gasteiger partial charge is 0.324 e. The van der Waals surface area contributed by atoms with Gasteiger partial charge >= 0.3 is 0 Å². The molecule has 1 heterocycles. The molecule has 3 rings (SSSR count). The number of nitrogens with one attached hydrogen (secondary N) is 1. The van der Waals surface area contributed by atoms with Crippen molar-refractivity contribution >= 4 is 40.1 Å². The molecule has 0 saturated carbocycles. The summed E-state index contributed by atoms with van der Waals surface area (Å²) in [5.74, 6) is -0.788. The van der Waals surface area contributed by atoms with Crippen LogP contribution in [0, 0.1) is 18.7 Å². The number of rotatable bonds is 6. The number of halogens is 1. The Labute approximate surface area is 174 Å². The highest BCUT2D eigenvalue weighted by atomic mass is 32.2. The molecule has 1 aliphatic rings. The Bertz CT molecular complexity index is 945. The lowest BCUT2D eigenvalue weighted by atomic mass is 10.2. The predicted molar refractivity (Wildman–Crippen MR) is 116 cm³/mol. The van der Waals surface area contributed by atoms with Crippen LogP contribution in [0.15, 0.2) is 53.5 Å². The number of nitrogens with zero attached hydrogens (tertiary/aromatic N) is 2. The van der Waals surface area contributed by atoms with Crippen molar-refractivity contribution in [1.82, 2.24) is 4.90 Å². The van der Waals surface area contributed by atoms with Gasteiger partial charge in [0.1, 0.15) is 11.1 Å². The minimum absolute atomic E-state index is 0.0424. The van der Waals surface area contributed by atoms with Crippen LogP contribution in [-0.4, -0.2) is 33.7 Å². The molecular weight excluding hydrogens is 389 g/mol. The van der Waals surface area contributed by atoms with Crippen molar-refractivity contribution in [2.45, 2.75) is 32.4 Å². The van der Waals surface area contributed by atoms with Gasteiger partial charge in [-0.1, -0.05) is 49.9 Å². The number of amidine groups is 1. The number of carbonyl (C=O) groups excluding carboxylic acids is 2. The van der Waals surface area contributed by atoms with Crippen LogP contribution in [0.5, 0.6) is 0 Å². The SMILES string of the molecule is Cc1cccc(N=C2S[C@H](CC(=O)Nc3ccccc3F)C(=O)N2CC(C)C)c1. The van der Waals surface area contributed by atoms with Crippen LogP contribution in [0.2, 0.25) is 0 Å². The van der Waals surface area contributed by atoms with Gasteiger partial charge < -0.3 is 5.32 Å². The van der Waals surface area contributed by atoms with Gasteiger partial charge in [0, 0.05) is 13.0 Å². The van der Waals surface area contributed by atoms with Gasteiger partial charge in [-0.2, -0.15) is 0 Å². The second-order valence-corrected chi connectivity index (χ2v) is 8.58. The Hall–Kier alpha value is -2.67. The number of para-hydroxylation sites is 1. The molecule has 1 fully saturated rings. The highest BCUT2D eigenvalue weighted by molar-refractivity contribution is 8.15. The molecule has 0 aliphatic carbocycles. The number of thioether (sulfide) groups is 1. The third-order valence-electron chi connectivity index (χ3n) is 4.31. The number of amides is 2. The molecule has 1 aliphatic heterocycles. The van der Waals surface area contributed by atoms with Crippen LogP contribution >= 0.6 is 11.8 Å². The van der Waals surface area contributed by atoms with E-state index in [9.17, 15) is 14.0 Å². The van der Waals surface area contributed by atoms with E-state index in [0.29, 0.717) is 11.7 Å². The topological polar surface area (TPSA) is 61.8 Å². The Morgan fingerprint density at radius 3 is 2.69 bits per heavy atom. The highest BCUT2D eigenvalue weighted by Gasteiger charge is 2.39. The Kier molecular flexibility index (Phi) is 6.69. The maximum Gasteiger partial charge on any atom is 0.242 e. The minimum atomic E-state index is -0.580. The lowest BCUT2D eigenvalue weighted by Gasteiger charge is -2.18. The first kappa shape index (κ1) is 21.0. The first-order valence-corrected chi connectivity index (χ1v) is 10.4. The van der Waals surface area contributed by atoms with Gasteiger partial charge in [-0.3, -0.25) is 14.5 Å². The van der Waals surface area contributed by atoms with E-state index in [0.717, 1.165) is 11.3 Å². The standard InChI is InChI=1S/C22H24FN3O2S/c1-14(2)13-26-21(28)19(12-20(27)25-18-10-5-4-9-17(18)23)29-22(26)24-16-8-6-7-15(3)11-16/h4-11,14,19H,12-13H2,1-3H3,(H,25,27)/t19-/m1/s1. The molecular formula is C22H24FN3O2S. The molecule has 5 nitrogen and oxygen atoms in total. The molecule has 0 unspecified atom stereocenters. The molecule has 2 amide bonds. The molecule has 29 heavy (non-hydrogen) atoms. The summed E-state index contributed by atoms with van der Waals surface area (Å²) in [7, 11) is 0. The molecule has 7 heteroatoms. The normalized spacial score (nSPS) is 18.0. The molecule has 2 aromatic rings. The van der Waals surface area contributed by atoms with Crippen molar-refractivity contribution in [1.29, 1.82) is 0 Å². The molecule has 0 aromatic heterocycles. The fourth-order valence-electron chi connectivity index (χ4n) is 3.00. The third-order valence-corrected chi connectivity index (χ3v) is 5.49. The first-order chi connectivity index (χ1) is 13.8. The number of aliphatic imine (C=N–C) groups is 1. The molecule has 0 radical (unpaired) electrons. The second-order valence-electron chi connectivity index (χ2n) is 7.41. The van der Waals surface area contributed by atoms with E-state index in [-0.39, 0.29) is 23.9 Å². The van der Waals surface area contributed by atoms with Crippen LogP contribution in [0.3, 0.4) is 0 Å². The van der Waals surface area contributed by atoms with Crippen LogP contribution < -0.4 is 5.32 Å². The van der Waals surface area contributed by atoms with Crippen molar-refractivity contribution in [3.63, 3.8) is 0 Å². The zero-order chi connectivity index (χ0) is 21.0. The second kappa shape index (κ2) is 9.22. The average molecular weight is 414 g/mol. The number of benzene rings is 2. The monoisotopic (exact) mass is 413 g/mol. The quantitative estimate of drug-likeness (QED) is 0.743. The van der Waals surface area contributed by atoms with Crippen LogP contribution in [0.4, 0.5) is 15.8 Å². The van der Waals surface area contributed by atoms with Gasteiger partial charge in [-0.15, -0.1) is 0 Å². The first-order valence-electron chi connectivity index (χ1n) is 9.51. The van der Waals surface area contributed by atoms with Crippen molar-refractivity contribution in [3.05, 3.63) is 59.9 Å². The van der Waals surface area contributed by atoms with Gasteiger partial charge in [0.2, 0.25) is 11.8 Å². The van der Waals surface area contributed by atoms with Gasteiger partial charge in [0.05, 0.1) is 11.4 Å². The summed E-state index contributed by atoms with van der Waals surface area (Å²) in [5.41, 5.74) is 1.96. The summed E-state index contributed by atoms with van der Waals surface area (Å²) < 4.78 is 13.8. The van der Waals surface area contributed by atoms with Crippen molar-refractivity contribution in [2.24, 2.45) is 10.9 Å². The van der Waals surface area contributed by atoms with Gasteiger partial charge in [-0.25, -0.2) is 9.38 Å². The lowest BCUT2D eigenvalue weighted by molar-refractivity contribution is -0.128. The molecule has 0 bridgehead atoms. The summed E-state index contributed by atoms with van der Waals surface area (Å²) in [6.45, 7) is 6.57. The number of aryl methyl sites for hydroxylation is 1. The van der Waals surface area contributed by atoms with Crippen LogP contribution in [0.25, 0.3) is 0 Å². The Balaban J connectivity index is 1.77. The summed E-state index contributed by atoms with van der Waals surface area (Å²) in [4.78, 5) is 31.6. The minimum Gasteiger partial charge on any atom is -0.324 e. The Morgan fingerprint density at radius 1 is 1.24 bits per heavy atom. The fraction of sp³-hybridized carbons (Fsp3) is 0.318. The van der Waals surface area contributed by atoms with Gasteiger partial charge in [0.15, 0.2) is 5.17 Å². The molecule has 0 spiro atoms. The summed E-state index contributed by atoms with van der Waals surface area (Å²) >= 11 is 1.28. The molecule has 1 atom stereocenters. The molecule has 152 valence electrons. The number of carbonyl (C=O) groups is 2. The third kappa shape index (κ3) is 5.44. The molecule has 1 saturated heterocycles.